The van der Waals surface area contributed by atoms with Gasteiger partial charge in [0.2, 0.25) is 0 Å². The van der Waals surface area contributed by atoms with Gasteiger partial charge in [-0.2, -0.15) is 0 Å². The van der Waals surface area contributed by atoms with Crippen LogP contribution in [-0.4, -0.2) is 5.91 Å². The molecule has 0 heterocycles. The van der Waals surface area contributed by atoms with Crippen LogP contribution in [0.25, 0.3) is 0 Å². The van der Waals surface area contributed by atoms with Crippen molar-refractivity contribution in [3.05, 3.63) is 100 Å². The van der Waals surface area contributed by atoms with Gasteiger partial charge in [-0.3, -0.25) is 4.79 Å². The summed E-state index contributed by atoms with van der Waals surface area (Å²) in [6.07, 6.45) is 0.980. The van der Waals surface area contributed by atoms with E-state index in [2.05, 4.69) is 29.7 Å². The molecule has 1 amide bonds. The van der Waals surface area contributed by atoms with Crippen LogP contribution in [0.1, 0.15) is 34.0 Å². The first kappa shape index (κ1) is 19.0. The van der Waals surface area contributed by atoms with Gasteiger partial charge < -0.3 is 10.6 Å². The van der Waals surface area contributed by atoms with Gasteiger partial charge in [-0.15, -0.1) is 0 Å². The number of aryl methyl sites for hydroxylation is 1. The van der Waals surface area contributed by atoms with E-state index in [9.17, 15) is 4.79 Å². The van der Waals surface area contributed by atoms with E-state index in [0.717, 1.165) is 23.2 Å². The number of amides is 1. The van der Waals surface area contributed by atoms with Crippen LogP contribution in [0.4, 0.5) is 5.69 Å². The zero-order chi connectivity index (χ0) is 19.1. The monoisotopic (exact) mass is 378 g/mol. The van der Waals surface area contributed by atoms with Crippen molar-refractivity contribution in [1.82, 2.24) is 5.32 Å². The number of nitrogens with one attached hydrogen (secondary N) is 2. The minimum Gasteiger partial charge on any atom is -0.381 e. The fourth-order valence-electron chi connectivity index (χ4n) is 2.94. The number of carbonyl (C=O) groups is 1. The van der Waals surface area contributed by atoms with Gasteiger partial charge >= 0.3 is 0 Å². The maximum Gasteiger partial charge on any atom is 0.251 e. The number of carbonyl (C=O) groups excluding carboxylic acids is 1. The molecule has 2 N–H and O–H groups in total. The maximum atomic E-state index is 12.5. The molecule has 0 aliphatic carbocycles. The van der Waals surface area contributed by atoms with Crippen LogP contribution in [0, 0.1) is 0 Å². The van der Waals surface area contributed by atoms with Gasteiger partial charge in [-0.05, 0) is 47.4 Å². The molecule has 0 saturated heterocycles. The largest absolute Gasteiger partial charge is 0.381 e. The second-order valence-corrected chi connectivity index (χ2v) is 6.75. The van der Waals surface area contributed by atoms with Gasteiger partial charge in [0.25, 0.3) is 5.91 Å². The van der Waals surface area contributed by atoms with Gasteiger partial charge in [0.1, 0.15) is 0 Å². The molecule has 0 fully saturated rings. The number of hydrogen-bond acceptors (Lipinski definition) is 2. The fraction of sp³-hybridized carbons (Fsp3) is 0.174. The third-order valence-corrected chi connectivity index (χ3v) is 4.84. The zero-order valence-electron chi connectivity index (χ0n) is 15.3. The summed E-state index contributed by atoms with van der Waals surface area (Å²) in [6.45, 7) is 3.22. The van der Waals surface area contributed by atoms with Crippen molar-refractivity contribution in [2.45, 2.75) is 26.4 Å². The van der Waals surface area contributed by atoms with Crippen LogP contribution >= 0.6 is 11.6 Å². The number of benzene rings is 3. The summed E-state index contributed by atoms with van der Waals surface area (Å²) in [5.74, 6) is -0.106. The third-order valence-electron chi connectivity index (χ3n) is 4.47. The van der Waals surface area contributed by atoms with Crippen molar-refractivity contribution in [3.63, 3.8) is 0 Å². The Morgan fingerprint density at radius 1 is 0.889 bits per heavy atom. The van der Waals surface area contributed by atoms with Crippen LogP contribution < -0.4 is 10.6 Å². The smallest absolute Gasteiger partial charge is 0.251 e. The van der Waals surface area contributed by atoms with Gasteiger partial charge in [0.15, 0.2) is 0 Å². The lowest BCUT2D eigenvalue weighted by Crippen LogP contribution is -2.23. The van der Waals surface area contributed by atoms with Crippen molar-refractivity contribution < 1.29 is 4.79 Å². The van der Waals surface area contributed by atoms with Crippen molar-refractivity contribution in [2.24, 2.45) is 0 Å². The fourth-order valence-corrected chi connectivity index (χ4v) is 3.14. The molecule has 0 aliphatic rings. The van der Waals surface area contributed by atoms with Crippen molar-refractivity contribution >= 4 is 23.2 Å². The van der Waals surface area contributed by atoms with Crippen molar-refractivity contribution in [2.75, 3.05) is 5.32 Å². The molecule has 3 rings (SSSR count). The highest BCUT2D eigenvalue weighted by Gasteiger charge is 2.08. The Labute approximate surface area is 165 Å². The first-order chi connectivity index (χ1) is 13.2. The quantitative estimate of drug-likeness (QED) is 0.574. The molecule has 3 aromatic rings. The summed E-state index contributed by atoms with van der Waals surface area (Å²) in [7, 11) is 0. The van der Waals surface area contributed by atoms with E-state index in [0.29, 0.717) is 23.7 Å². The van der Waals surface area contributed by atoms with E-state index < -0.39 is 0 Å². The minimum atomic E-state index is -0.106. The average Bonchev–Trinajstić information content (AvgIpc) is 2.72. The maximum absolute atomic E-state index is 12.5. The predicted molar refractivity (Wildman–Crippen MR) is 112 cm³/mol. The summed E-state index contributed by atoms with van der Waals surface area (Å²) in [5.41, 5.74) is 5.03. The second-order valence-electron chi connectivity index (χ2n) is 6.34. The van der Waals surface area contributed by atoms with Gasteiger partial charge in [-0.1, -0.05) is 67.1 Å². The Balaban J connectivity index is 1.62. The zero-order valence-corrected chi connectivity index (χ0v) is 16.1. The molecule has 0 aliphatic heterocycles. The van der Waals surface area contributed by atoms with E-state index in [1.807, 2.05) is 60.7 Å². The highest BCUT2D eigenvalue weighted by molar-refractivity contribution is 6.31. The summed E-state index contributed by atoms with van der Waals surface area (Å²) in [5, 5.41) is 7.05. The number of para-hydroxylation sites is 1. The highest BCUT2D eigenvalue weighted by atomic mass is 35.5. The van der Waals surface area contributed by atoms with E-state index in [4.69, 9.17) is 11.6 Å². The van der Waals surface area contributed by atoms with Crippen LogP contribution in [0.2, 0.25) is 5.02 Å². The third kappa shape index (κ3) is 5.11. The van der Waals surface area contributed by atoms with Gasteiger partial charge in [0, 0.05) is 29.4 Å². The lowest BCUT2D eigenvalue weighted by molar-refractivity contribution is 0.0951. The van der Waals surface area contributed by atoms with Crippen molar-refractivity contribution in [3.8, 4) is 0 Å². The van der Waals surface area contributed by atoms with Crippen LogP contribution in [0.3, 0.4) is 0 Å². The molecule has 4 heteroatoms. The molecule has 3 nitrogen and oxygen atoms in total. The molecule has 0 aromatic heterocycles. The van der Waals surface area contributed by atoms with Crippen LogP contribution in [0.15, 0.2) is 72.8 Å². The predicted octanol–water partition coefficient (Wildman–Crippen LogP) is 5.44. The Morgan fingerprint density at radius 2 is 1.63 bits per heavy atom. The number of hydrogen-bond donors (Lipinski definition) is 2. The molecular weight excluding hydrogens is 356 g/mol. The van der Waals surface area contributed by atoms with Gasteiger partial charge in [-0.25, -0.2) is 0 Å². The molecule has 27 heavy (non-hydrogen) atoms. The SMILES string of the molecule is CCc1ccccc1NCc1cccc(C(=O)NCc2ccccc2Cl)c1. The summed E-state index contributed by atoms with van der Waals surface area (Å²) in [4.78, 5) is 12.5. The van der Waals surface area contributed by atoms with E-state index in [-0.39, 0.29) is 5.91 Å². The van der Waals surface area contributed by atoms with Gasteiger partial charge in [0.05, 0.1) is 0 Å². The normalized spacial score (nSPS) is 10.4. The second kappa shape index (κ2) is 9.24. The number of anilines is 1. The number of rotatable bonds is 7. The van der Waals surface area contributed by atoms with Crippen LogP contribution in [-0.2, 0) is 19.5 Å². The first-order valence-electron chi connectivity index (χ1n) is 9.09. The molecular formula is C23H23ClN2O. The van der Waals surface area contributed by atoms with E-state index in [1.165, 1.54) is 5.56 Å². The minimum absolute atomic E-state index is 0.106. The molecule has 138 valence electrons. The van der Waals surface area contributed by atoms with Crippen LogP contribution in [0.5, 0.6) is 0 Å². The Hall–Kier alpha value is -2.78. The molecule has 0 bridgehead atoms. The lowest BCUT2D eigenvalue weighted by atomic mass is 10.1. The molecule has 0 radical (unpaired) electrons. The Morgan fingerprint density at radius 3 is 2.41 bits per heavy atom. The molecule has 0 spiro atoms. The lowest BCUT2D eigenvalue weighted by Gasteiger charge is -2.12. The molecule has 0 saturated carbocycles. The molecule has 0 unspecified atom stereocenters. The summed E-state index contributed by atoms with van der Waals surface area (Å²) < 4.78 is 0. The Bertz CT molecular complexity index is 924. The molecule has 3 aromatic carbocycles. The first-order valence-corrected chi connectivity index (χ1v) is 9.47. The highest BCUT2D eigenvalue weighted by Crippen LogP contribution is 2.17. The topological polar surface area (TPSA) is 41.1 Å². The van der Waals surface area contributed by atoms with Crippen molar-refractivity contribution in [1.29, 1.82) is 0 Å². The van der Waals surface area contributed by atoms with E-state index >= 15 is 0 Å². The average molecular weight is 379 g/mol. The Kier molecular flexibility index (Phi) is 6.50. The summed E-state index contributed by atoms with van der Waals surface area (Å²) >= 11 is 6.14. The number of halogens is 1. The summed E-state index contributed by atoms with van der Waals surface area (Å²) in [6, 6.07) is 23.5. The standard InChI is InChI=1S/C23H23ClN2O/c1-2-18-9-4-6-13-22(18)25-15-17-8-7-11-19(14-17)23(27)26-16-20-10-3-5-12-21(20)24/h3-14,25H,2,15-16H2,1H3,(H,26,27). The molecule has 0 atom stereocenters. The van der Waals surface area contributed by atoms with E-state index in [1.54, 1.807) is 0 Å².